The maximum absolute atomic E-state index is 12.1. The Balaban J connectivity index is 1.50. The van der Waals surface area contributed by atoms with Crippen molar-refractivity contribution in [2.75, 3.05) is 25.5 Å². The lowest BCUT2D eigenvalue weighted by atomic mass is 10.1. The molecule has 2 N–H and O–H groups in total. The number of hydrogen-bond donors (Lipinski definition) is 2. The highest BCUT2D eigenvalue weighted by Gasteiger charge is 2.35. The first-order chi connectivity index (χ1) is 11.2. The summed E-state index contributed by atoms with van der Waals surface area (Å²) in [6.45, 7) is 1.28. The molecular formula is C16H23N5O2. The van der Waals surface area contributed by atoms with E-state index >= 15 is 0 Å². The summed E-state index contributed by atoms with van der Waals surface area (Å²) < 4.78 is 0. The molecule has 2 fully saturated rings. The molecule has 1 aliphatic heterocycles. The van der Waals surface area contributed by atoms with E-state index in [2.05, 4.69) is 20.6 Å². The van der Waals surface area contributed by atoms with Crippen LogP contribution in [-0.4, -0.2) is 52.9 Å². The monoisotopic (exact) mass is 317 g/mol. The van der Waals surface area contributed by atoms with E-state index in [-0.39, 0.29) is 17.7 Å². The van der Waals surface area contributed by atoms with Gasteiger partial charge in [-0.1, -0.05) is 12.8 Å². The smallest absolute Gasteiger partial charge is 0.254 e. The van der Waals surface area contributed by atoms with E-state index in [0.717, 1.165) is 19.4 Å². The second-order valence-electron chi connectivity index (χ2n) is 6.31. The zero-order valence-electron chi connectivity index (χ0n) is 13.4. The van der Waals surface area contributed by atoms with Crippen LogP contribution in [0.4, 0.5) is 5.95 Å². The highest BCUT2D eigenvalue weighted by Crippen LogP contribution is 2.29. The van der Waals surface area contributed by atoms with Crippen molar-refractivity contribution in [3.63, 3.8) is 0 Å². The van der Waals surface area contributed by atoms with Gasteiger partial charge in [-0.25, -0.2) is 9.97 Å². The molecule has 1 saturated carbocycles. The Kier molecular flexibility index (Phi) is 4.73. The first-order valence-corrected chi connectivity index (χ1v) is 8.25. The summed E-state index contributed by atoms with van der Waals surface area (Å²) in [5.41, 5.74) is 0.431. The molecule has 1 saturated heterocycles. The average molecular weight is 317 g/mol. The van der Waals surface area contributed by atoms with Gasteiger partial charge in [0, 0.05) is 50.9 Å². The molecule has 1 aliphatic carbocycles. The lowest BCUT2D eigenvalue weighted by Crippen LogP contribution is -2.36. The largest absolute Gasteiger partial charge is 0.357 e. The van der Waals surface area contributed by atoms with Crippen molar-refractivity contribution >= 4 is 17.8 Å². The van der Waals surface area contributed by atoms with Crippen LogP contribution >= 0.6 is 0 Å². The van der Waals surface area contributed by atoms with E-state index in [1.807, 2.05) is 4.90 Å². The fourth-order valence-electron chi connectivity index (χ4n) is 3.43. The van der Waals surface area contributed by atoms with Crippen molar-refractivity contribution in [1.82, 2.24) is 20.2 Å². The number of anilines is 1. The lowest BCUT2D eigenvalue weighted by Gasteiger charge is -2.24. The van der Waals surface area contributed by atoms with E-state index in [1.165, 1.54) is 25.2 Å². The number of carbonyl (C=O) groups is 2. The topological polar surface area (TPSA) is 87.2 Å². The Morgan fingerprint density at radius 1 is 1.30 bits per heavy atom. The number of likely N-dealkylation sites (tertiary alicyclic amines) is 1. The quantitative estimate of drug-likeness (QED) is 0.847. The highest BCUT2D eigenvalue weighted by molar-refractivity contribution is 5.93. The predicted molar refractivity (Wildman–Crippen MR) is 86.0 cm³/mol. The van der Waals surface area contributed by atoms with Crippen molar-refractivity contribution in [2.45, 2.75) is 38.1 Å². The molecule has 0 aromatic carbocycles. The van der Waals surface area contributed by atoms with Crippen molar-refractivity contribution < 1.29 is 9.59 Å². The predicted octanol–water partition coefficient (Wildman–Crippen LogP) is 1.04. The van der Waals surface area contributed by atoms with Gasteiger partial charge in [-0.05, 0) is 12.8 Å². The number of carbonyl (C=O) groups excluding carboxylic acids is 2. The third-order valence-electron chi connectivity index (χ3n) is 4.69. The number of rotatable bonds is 5. The average Bonchev–Trinajstić information content (AvgIpc) is 3.22. The Labute approximate surface area is 135 Å². The summed E-state index contributed by atoms with van der Waals surface area (Å²) in [5.74, 6) is 0.719. The van der Waals surface area contributed by atoms with Crippen molar-refractivity contribution in [2.24, 2.45) is 5.92 Å². The second kappa shape index (κ2) is 6.93. The molecule has 0 spiro atoms. The van der Waals surface area contributed by atoms with Gasteiger partial charge in [-0.2, -0.15) is 0 Å². The van der Waals surface area contributed by atoms with E-state index in [0.29, 0.717) is 30.5 Å². The molecule has 124 valence electrons. The number of aromatic nitrogens is 2. The minimum atomic E-state index is -0.195. The molecule has 1 atom stereocenters. The molecule has 2 aliphatic rings. The van der Waals surface area contributed by atoms with Gasteiger partial charge >= 0.3 is 0 Å². The second-order valence-corrected chi connectivity index (χ2v) is 6.31. The third-order valence-corrected chi connectivity index (χ3v) is 4.69. The van der Waals surface area contributed by atoms with Crippen LogP contribution in [0.1, 0.15) is 42.5 Å². The molecule has 7 heteroatoms. The molecule has 0 radical (unpaired) electrons. The van der Waals surface area contributed by atoms with E-state index in [4.69, 9.17) is 0 Å². The maximum atomic E-state index is 12.1. The lowest BCUT2D eigenvalue weighted by molar-refractivity contribution is -0.129. The van der Waals surface area contributed by atoms with Gasteiger partial charge in [0.05, 0.1) is 5.56 Å². The zero-order valence-corrected chi connectivity index (χ0v) is 13.4. The Bertz CT molecular complexity index is 568. The molecule has 0 bridgehead atoms. The molecule has 23 heavy (non-hydrogen) atoms. The SMILES string of the molecule is CNc1ncc(C(=O)NCC2CC(=O)N(C3CCCC3)C2)cn1. The first kappa shape index (κ1) is 15.7. The summed E-state index contributed by atoms with van der Waals surface area (Å²) in [7, 11) is 1.72. The van der Waals surface area contributed by atoms with Crippen molar-refractivity contribution in [3.8, 4) is 0 Å². The zero-order chi connectivity index (χ0) is 16.2. The van der Waals surface area contributed by atoms with Crippen LogP contribution in [0, 0.1) is 5.92 Å². The van der Waals surface area contributed by atoms with E-state index in [9.17, 15) is 9.59 Å². The van der Waals surface area contributed by atoms with Gasteiger partial charge < -0.3 is 15.5 Å². The van der Waals surface area contributed by atoms with Gasteiger partial charge in [-0.3, -0.25) is 9.59 Å². The summed E-state index contributed by atoms with van der Waals surface area (Å²) >= 11 is 0. The summed E-state index contributed by atoms with van der Waals surface area (Å²) in [4.78, 5) is 34.3. The van der Waals surface area contributed by atoms with Crippen LogP contribution in [-0.2, 0) is 4.79 Å². The van der Waals surface area contributed by atoms with E-state index < -0.39 is 0 Å². The van der Waals surface area contributed by atoms with Crippen molar-refractivity contribution in [1.29, 1.82) is 0 Å². The molecular weight excluding hydrogens is 294 g/mol. The summed E-state index contributed by atoms with van der Waals surface area (Å²) in [5, 5.41) is 5.70. The molecule has 1 aromatic heterocycles. The molecule has 1 unspecified atom stereocenters. The number of hydrogen-bond acceptors (Lipinski definition) is 5. The maximum Gasteiger partial charge on any atom is 0.254 e. The van der Waals surface area contributed by atoms with E-state index in [1.54, 1.807) is 7.05 Å². The molecule has 1 aromatic rings. The molecule has 2 heterocycles. The summed E-state index contributed by atoms with van der Waals surface area (Å²) in [6, 6.07) is 0.422. The minimum absolute atomic E-state index is 0.195. The number of nitrogens with zero attached hydrogens (tertiary/aromatic N) is 3. The Hall–Kier alpha value is -2.18. The van der Waals surface area contributed by atoms with Crippen LogP contribution in [0.5, 0.6) is 0 Å². The fraction of sp³-hybridized carbons (Fsp3) is 0.625. The standard InChI is InChI=1S/C16H23N5O2/c1-17-16-19-8-12(9-20-16)15(23)18-7-11-6-14(22)21(10-11)13-4-2-3-5-13/h8-9,11,13H,2-7,10H2,1H3,(H,18,23)(H,17,19,20). The molecule has 3 rings (SSSR count). The Morgan fingerprint density at radius 3 is 2.65 bits per heavy atom. The number of nitrogens with one attached hydrogen (secondary N) is 2. The van der Waals surface area contributed by atoms with Crippen molar-refractivity contribution in [3.05, 3.63) is 18.0 Å². The number of amides is 2. The van der Waals surface area contributed by atoms with Crippen LogP contribution in [0.25, 0.3) is 0 Å². The molecule has 7 nitrogen and oxygen atoms in total. The first-order valence-electron chi connectivity index (χ1n) is 8.25. The van der Waals surface area contributed by atoms with Gasteiger partial charge in [0.25, 0.3) is 5.91 Å². The van der Waals surface area contributed by atoms with Crippen LogP contribution in [0.3, 0.4) is 0 Å². The Morgan fingerprint density at radius 2 is 2.00 bits per heavy atom. The van der Waals surface area contributed by atoms with Gasteiger partial charge in [0.2, 0.25) is 11.9 Å². The highest BCUT2D eigenvalue weighted by atomic mass is 16.2. The third kappa shape index (κ3) is 3.60. The fourth-order valence-corrected chi connectivity index (χ4v) is 3.43. The summed E-state index contributed by atoms with van der Waals surface area (Å²) in [6.07, 6.45) is 8.22. The van der Waals surface area contributed by atoms with Crippen LogP contribution in [0.2, 0.25) is 0 Å². The normalized spacial score (nSPS) is 21.7. The van der Waals surface area contributed by atoms with Gasteiger partial charge in [-0.15, -0.1) is 0 Å². The van der Waals surface area contributed by atoms with Gasteiger partial charge in [0.1, 0.15) is 0 Å². The minimum Gasteiger partial charge on any atom is -0.357 e. The molecule has 2 amide bonds. The van der Waals surface area contributed by atoms with Crippen LogP contribution in [0.15, 0.2) is 12.4 Å². The van der Waals surface area contributed by atoms with Crippen LogP contribution < -0.4 is 10.6 Å². The van der Waals surface area contributed by atoms with Gasteiger partial charge in [0.15, 0.2) is 0 Å².